The lowest BCUT2D eigenvalue weighted by Gasteiger charge is -2.24. The highest BCUT2D eigenvalue weighted by Crippen LogP contribution is 2.45. The van der Waals surface area contributed by atoms with Crippen molar-refractivity contribution < 1.29 is 0 Å². The van der Waals surface area contributed by atoms with Crippen molar-refractivity contribution in [3.05, 3.63) is 17.2 Å². The molecule has 19 heavy (non-hydrogen) atoms. The van der Waals surface area contributed by atoms with E-state index in [-0.39, 0.29) is 0 Å². The predicted octanol–water partition coefficient (Wildman–Crippen LogP) is 3.40. The zero-order valence-corrected chi connectivity index (χ0v) is 12.8. The minimum atomic E-state index is 0.503. The van der Waals surface area contributed by atoms with Crippen LogP contribution >= 0.6 is 0 Å². The SMILES string of the molecule is CC(C)c1nc2c(n1C1CCC(C)(C)C1)CCNC2. The van der Waals surface area contributed by atoms with Crippen LogP contribution in [0.4, 0.5) is 0 Å². The predicted molar refractivity (Wildman–Crippen MR) is 78.4 cm³/mol. The maximum absolute atomic E-state index is 4.94. The Hall–Kier alpha value is -0.830. The smallest absolute Gasteiger partial charge is 0.112 e. The first kappa shape index (κ1) is 13.2. The van der Waals surface area contributed by atoms with Gasteiger partial charge in [0.15, 0.2) is 0 Å². The minimum absolute atomic E-state index is 0.503. The van der Waals surface area contributed by atoms with E-state index < -0.39 is 0 Å². The van der Waals surface area contributed by atoms with Crippen LogP contribution in [0.3, 0.4) is 0 Å². The monoisotopic (exact) mass is 261 g/mol. The summed E-state index contributed by atoms with van der Waals surface area (Å²) in [6, 6.07) is 0.682. The Morgan fingerprint density at radius 1 is 1.37 bits per heavy atom. The second-order valence-corrected chi connectivity index (χ2v) is 7.38. The van der Waals surface area contributed by atoms with E-state index in [1.165, 1.54) is 36.5 Å². The van der Waals surface area contributed by atoms with Crippen molar-refractivity contribution in [1.82, 2.24) is 14.9 Å². The van der Waals surface area contributed by atoms with Gasteiger partial charge in [-0.15, -0.1) is 0 Å². The average Bonchev–Trinajstić information content (AvgIpc) is 2.89. The highest BCUT2D eigenvalue weighted by molar-refractivity contribution is 5.23. The van der Waals surface area contributed by atoms with Crippen LogP contribution in [0.25, 0.3) is 0 Å². The van der Waals surface area contributed by atoms with E-state index in [1.807, 2.05) is 0 Å². The zero-order chi connectivity index (χ0) is 13.6. The molecule has 0 saturated heterocycles. The number of fused-ring (bicyclic) bond motifs is 1. The first-order chi connectivity index (χ1) is 8.98. The highest BCUT2D eigenvalue weighted by Gasteiger charge is 2.35. The Morgan fingerprint density at radius 2 is 2.16 bits per heavy atom. The summed E-state index contributed by atoms with van der Waals surface area (Å²) >= 11 is 0. The molecule has 0 spiro atoms. The van der Waals surface area contributed by atoms with Crippen molar-refractivity contribution >= 4 is 0 Å². The maximum Gasteiger partial charge on any atom is 0.112 e. The lowest BCUT2D eigenvalue weighted by molar-refractivity contribution is 0.352. The molecule has 1 N–H and O–H groups in total. The summed E-state index contributed by atoms with van der Waals surface area (Å²) in [7, 11) is 0. The third-order valence-electron chi connectivity index (χ3n) is 4.78. The largest absolute Gasteiger partial charge is 0.328 e. The number of rotatable bonds is 2. The van der Waals surface area contributed by atoms with Crippen LogP contribution in [0, 0.1) is 5.41 Å². The highest BCUT2D eigenvalue weighted by atomic mass is 15.1. The summed E-state index contributed by atoms with van der Waals surface area (Å²) in [6.45, 7) is 11.4. The lowest BCUT2D eigenvalue weighted by Crippen LogP contribution is -2.26. The number of nitrogens with zero attached hydrogens (tertiary/aromatic N) is 2. The van der Waals surface area contributed by atoms with Gasteiger partial charge < -0.3 is 9.88 Å². The van der Waals surface area contributed by atoms with Crippen molar-refractivity contribution in [2.45, 2.75) is 71.9 Å². The van der Waals surface area contributed by atoms with Gasteiger partial charge in [0, 0.05) is 37.2 Å². The lowest BCUT2D eigenvalue weighted by atomic mass is 9.91. The molecular formula is C16H27N3. The molecule has 0 bridgehead atoms. The van der Waals surface area contributed by atoms with E-state index in [2.05, 4.69) is 37.6 Å². The number of imidazole rings is 1. The van der Waals surface area contributed by atoms with Gasteiger partial charge in [0.05, 0.1) is 5.69 Å². The van der Waals surface area contributed by atoms with Crippen LogP contribution in [0.2, 0.25) is 0 Å². The first-order valence-electron chi connectivity index (χ1n) is 7.78. The molecule has 106 valence electrons. The van der Waals surface area contributed by atoms with Gasteiger partial charge in [0.25, 0.3) is 0 Å². The van der Waals surface area contributed by atoms with Crippen molar-refractivity contribution in [3.8, 4) is 0 Å². The molecule has 1 aliphatic carbocycles. The molecular weight excluding hydrogens is 234 g/mol. The molecule has 3 rings (SSSR count). The van der Waals surface area contributed by atoms with Gasteiger partial charge in [-0.05, 0) is 24.7 Å². The van der Waals surface area contributed by atoms with Crippen molar-refractivity contribution in [3.63, 3.8) is 0 Å². The Kier molecular flexibility index (Phi) is 3.20. The van der Waals surface area contributed by atoms with Crippen LogP contribution in [-0.4, -0.2) is 16.1 Å². The molecule has 1 aromatic rings. The fourth-order valence-electron chi connectivity index (χ4n) is 3.79. The van der Waals surface area contributed by atoms with E-state index in [1.54, 1.807) is 0 Å². The number of hydrogen-bond donors (Lipinski definition) is 1. The van der Waals surface area contributed by atoms with Crippen molar-refractivity contribution in [2.24, 2.45) is 5.41 Å². The van der Waals surface area contributed by atoms with Gasteiger partial charge in [-0.3, -0.25) is 0 Å². The van der Waals surface area contributed by atoms with Crippen molar-refractivity contribution in [2.75, 3.05) is 6.54 Å². The van der Waals surface area contributed by atoms with Crippen LogP contribution in [0.5, 0.6) is 0 Å². The molecule has 3 heteroatoms. The van der Waals surface area contributed by atoms with E-state index in [9.17, 15) is 0 Å². The van der Waals surface area contributed by atoms with Crippen LogP contribution in [0.15, 0.2) is 0 Å². The quantitative estimate of drug-likeness (QED) is 0.884. The van der Waals surface area contributed by atoms with E-state index in [4.69, 9.17) is 4.98 Å². The summed E-state index contributed by atoms with van der Waals surface area (Å²) in [5.74, 6) is 1.84. The zero-order valence-electron chi connectivity index (χ0n) is 12.8. The van der Waals surface area contributed by atoms with Gasteiger partial charge in [-0.2, -0.15) is 0 Å². The summed E-state index contributed by atoms with van der Waals surface area (Å²) in [5, 5.41) is 3.45. The Morgan fingerprint density at radius 3 is 2.79 bits per heavy atom. The minimum Gasteiger partial charge on any atom is -0.328 e. The summed E-state index contributed by atoms with van der Waals surface area (Å²) in [6.07, 6.45) is 5.12. The molecule has 1 saturated carbocycles. The fraction of sp³-hybridized carbons (Fsp3) is 0.812. The molecule has 0 radical (unpaired) electrons. The second kappa shape index (κ2) is 4.62. The van der Waals surface area contributed by atoms with Gasteiger partial charge in [-0.1, -0.05) is 27.7 Å². The Labute approximate surface area is 116 Å². The Balaban J connectivity index is 2.01. The number of hydrogen-bond acceptors (Lipinski definition) is 2. The molecule has 1 unspecified atom stereocenters. The molecule has 1 fully saturated rings. The molecule has 1 aromatic heterocycles. The first-order valence-corrected chi connectivity index (χ1v) is 7.78. The fourth-order valence-corrected chi connectivity index (χ4v) is 3.79. The van der Waals surface area contributed by atoms with Gasteiger partial charge in [-0.25, -0.2) is 4.98 Å². The topological polar surface area (TPSA) is 29.9 Å². The van der Waals surface area contributed by atoms with Crippen molar-refractivity contribution in [1.29, 1.82) is 0 Å². The summed E-state index contributed by atoms with van der Waals surface area (Å²) in [5.41, 5.74) is 3.33. The molecule has 2 aliphatic rings. The van der Waals surface area contributed by atoms with Crippen LogP contribution in [-0.2, 0) is 13.0 Å². The molecule has 1 atom stereocenters. The second-order valence-electron chi connectivity index (χ2n) is 7.38. The molecule has 0 aromatic carbocycles. The molecule has 2 heterocycles. The van der Waals surface area contributed by atoms with Gasteiger partial charge >= 0.3 is 0 Å². The van der Waals surface area contributed by atoms with E-state index >= 15 is 0 Å². The van der Waals surface area contributed by atoms with Gasteiger partial charge in [0.2, 0.25) is 0 Å². The van der Waals surface area contributed by atoms with Gasteiger partial charge in [0.1, 0.15) is 5.82 Å². The number of nitrogens with one attached hydrogen (secondary N) is 1. The maximum atomic E-state index is 4.94. The molecule has 0 amide bonds. The molecule has 1 aliphatic heterocycles. The number of aromatic nitrogens is 2. The van der Waals surface area contributed by atoms with E-state index in [0.29, 0.717) is 17.4 Å². The summed E-state index contributed by atoms with van der Waals surface area (Å²) < 4.78 is 2.62. The van der Waals surface area contributed by atoms with Crippen LogP contribution < -0.4 is 5.32 Å². The average molecular weight is 261 g/mol. The normalized spacial score (nSPS) is 25.8. The Bertz CT molecular complexity index is 471. The molecule has 3 nitrogen and oxygen atoms in total. The summed E-state index contributed by atoms with van der Waals surface area (Å²) in [4.78, 5) is 4.94. The third-order valence-corrected chi connectivity index (χ3v) is 4.78. The van der Waals surface area contributed by atoms with Crippen LogP contribution in [0.1, 0.15) is 76.1 Å². The van der Waals surface area contributed by atoms with E-state index in [0.717, 1.165) is 19.5 Å². The third kappa shape index (κ3) is 2.33. The standard InChI is InChI=1S/C16H27N3/c1-11(2)15-18-13-10-17-8-6-14(13)19(15)12-5-7-16(3,4)9-12/h11-12,17H,5-10H2,1-4H3.